The number of fused-ring (bicyclic) bond motifs is 6. The van der Waals surface area contributed by atoms with E-state index in [1.165, 1.54) is 19.3 Å². The van der Waals surface area contributed by atoms with Gasteiger partial charge in [-0.15, -0.1) is 5.10 Å². The van der Waals surface area contributed by atoms with Crippen LogP contribution in [0.3, 0.4) is 0 Å². The third-order valence-corrected chi connectivity index (χ3v) is 11.6. The third kappa shape index (κ3) is 3.77. The van der Waals surface area contributed by atoms with Gasteiger partial charge in [-0.2, -0.15) is 0 Å². The van der Waals surface area contributed by atoms with E-state index in [0.717, 1.165) is 49.6 Å². The number of aliphatic hydroxyl groups is 1. The van der Waals surface area contributed by atoms with E-state index < -0.39 is 5.60 Å². The SMILES string of the molecule is COC[C@@]1(O)CC[C@@]2(C)[C@@H](CC[C@@H]3[C@@H]2CC[C@]2(C)[C@@H](C(=O)Cn4nnc5ccc(Cl)cc54)CC[C@@H]32)C1. The molecule has 196 valence electrons. The number of nitrogens with zero attached hydrogens (tertiary/aromatic N) is 3. The first-order valence-electron chi connectivity index (χ1n) is 13.9. The Kier molecular flexibility index (Phi) is 6.05. The molecule has 4 saturated carbocycles. The van der Waals surface area contributed by atoms with Gasteiger partial charge in [-0.05, 0) is 110 Å². The zero-order chi connectivity index (χ0) is 25.3. The van der Waals surface area contributed by atoms with Crippen molar-refractivity contribution in [3.8, 4) is 0 Å². The summed E-state index contributed by atoms with van der Waals surface area (Å²) in [5.74, 6) is 2.98. The molecule has 7 heteroatoms. The molecule has 1 aromatic heterocycles. The van der Waals surface area contributed by atoms with Gasteiger partial charge in [0, 0.05) is 18.1 Å². The van der Waals surface area contributed by atoms with Crippen LogP contribution >= 0.6 is 11.6 Å². The van der Waals surface area contributed by atoms with Crippen molar-refractivity contribution < 1.29 is 14.6 Å². The van der Waals surface area contributed by atoms with Crippen molar-refractivity contribution in [1.29, 1.82) is 0 Å². The van der Waals surface area contributed by atoms with Crippen LogP contribution in [0.2, 0.25) is 5.02 Å². The highest BCUT2D eigenvalue weighted by Crippen LogP contribution is 2.68. The van der Waals surface area contributed by atoms with Gasteiger partial charge < -0.3 is 9.84 Å². The van der Waals surface area contributed by atoms with Gasteiger partial charge >= 0.3 is 0 Å². The van der Waals surface area contributed by atoms with Gasteiger partial charge in [0.25, 0.3) is 0 Å². The van der Waals surface area contributed by atoms with E-state index in [2.05, 4.69) is 24.2 Å². The van der Waals surface area contributed by atoms with E-state index in [4.69, 9.17) is 16.3 Å². The topological polar surface area (TPSA) is 77.2 Å². The zero-order valence-corrected chi connectivity index (χ0v) is 22.6. The van der Waals surface area contributed by atoms with E-state index in [-0.39, 0.29) is 17.9 Å². The van der Waals surface area contributed by atoms with Crippen LogP contribution in [-0.2, 0) is 16.1 Å². The van der Waals surface area contributed by atoms with E-state index in [1.807, 2.05) is 18.2 Å². The molecule has 0 bridgehead atoms. The number of ether oxygens (including phenoxy) is 1. The minimum Gasteiger partial charge on any atom is -0.387 e. The molecule has 4 aliphatic rings. The molecule has 1 heterocycles. The molecule has 0 spiro atoms. The third-order valence-electron chi connectivity index (χ3n) is 11.4. The summed E-state index contributed by atoms with van der Waals surface area (Å²) in [5.41, 5.74) is 1.32. The van der Waals surface area contributed by atoms with E-state index in [0.29, 0.717) is 46.5 Å². The first kappa shape index (κ1) is 24.8. The molecule has 0 amide bonds. The maximum absolute atomic E-state index is 13.7. The Hall–Kier alpha value is -1.50. The minimum absolute atomic E-state index is 0.0704. The van der Waals surface area contributed by atoms with E-state index in [1.54, 1.807) is 11.8 Å². The lowest BCUT2D eigenvalue weighted by atomic mass is 9.44. The fourth-order valence-corrected chi connectivity index (χ4v) is 9.73. The van der Waals surface area contributed by atoms with Crippen molar-refractivity contribution in [2.24, 2.45) is 40.4 Å². The molecule has 4 fully saturated rings. The number of benzene rings is 1. The van der Waals surface area contributed by atoms with Crippen LogP contribution in [0.1, 0.15) is 71.6 Å². The summed E-state index contributed by atoms with van der Waals surface area (Å²) in [4.78, 5) is 13.7. The predicted octanol–water partition coefficient (Wildman–Crippen LogP) is 5.69. The van der Waals surface area contributed by atoms with Gasteiger partial charge in [-0.1, -0.05) is 30.7 Å². The van der Waals surface area contributed by atoms with Crippen molar-refractivity contribution >= 4 is 28.4 Å². The van der Waals surface area contributed by atoms with Crippen molar-refractivity contribution in [1.82, 2.24) is 15.0 Å². The second kappa shape index (κ2) is 8.78. The quantitative estimate of drug-likeness (QED) is 0.555. The Morgan fingerprint density at radius 2 is 1.92 bits per heavy atom. The molecule has 6 nitrogen and oxygen atoms in total. The summed E-state index contributed by atoms with van der Waals surface area (Å²) in [6.07, 6.45) is 9.73. The average molecular weight is 514 g/mol. The molecule has 36 heavy (non-hydrogen) atoms. The number of halogens is 1. The maximum Gasteiger partial charge on any atom is 0.157 e. The largest absolute Gasteiger partial charge is 0.387 e. The van der Waals surface area contributed by atoms with Gasteiger partial charge in [0.2, 0.25) is 0 Å². The smallest absolute Gasteiger partial charge is 0.157 e. The van der Waals surface area contributed by atoms with Gasteiger partial charge in [0.05, 0.1) is 17.7 Å². The lowest BCUT2D eigenvalue weighted by molar-refractivity contribution is -0.164. The lowest BCUT2D eigenvalue weighted by Gasteiger charge is -2.62. The maximum atomic E-state index is 13.7. The Morgan fingerprint density at radius 3 is 2.72 bits per heavy atom. The highest BCUT2D eigenvalue weighted by molar-refractivity contribution is 6.31. The standard InChI is InChI=1S/C29H40ClN3O3/c1-27-12-13-29(35,17-36-3)15-18(27)4-6-20-21-7-8-23(28(21,2)11-10-22(20)27)26(34)16-33-25-14-19(30)5-9-24(25)31-32-33/h5,9,14,18,20-23,35H,4,6-8,10-13,15-17H2,1-3H3/t18-,20-,21-,22-,23+,27-,28-,29+/m0/s1. The number of ketones is 1. The summed E-state index contributed by atoms with van der Waals surface area (Å²) in [6.45, 7) is 5.65. The number of hydrogen-bond donors (Lipinski definition) is 1. The van der Waals surface area contributed by atoms with Crippen molar-refractivity contribution in [3.63, 3.8) is 0 Å². The molecular weight excluding hydrogens is 474 g/mol. The second-order valence-corrected chi connectivity index (χ2v) is 13.5. The molecule has 0 unspecified atom stereocenters. The average Bonchev–Trinajstić information content (AvgIpc) is 3.40. The van der Waals surface area contributed by atoms with Crippen LogP contribution in [-0.4, -0.2) is 45.2 Å². The number of aromatic nitrogens is 3. The fourth-order valence-electron chi connectivity index (χ4n) is 9.56. The first-order valence-corrected chi connectivity index (χ1v) is 14.3. The molecule has 1 aromatic carbocycles. The molecule has 0 radical (unpaired) electrons. The molecule has 1 N–H and O–H groups in total. The Bertz CT molecular complexity index is 1170. The van der Waals surface area contributed by atoms with Crippen molar-refractivity contribution in [2.45, 2.75) is 83.8 Å². The highest BCUT2D eigenvalue weighted by Gasteiger charge is 2.62. The molecule has 0 saturated heterocycles. The Balaban J connectivity index is 1.20. The van der Waals surface area contributed by atoms with Crippen LogP contribution in [0.15, 0.2) is 18.2 Å². The van der Waals surface area contributed by atoms with Crippen LogP contribution in [0.25, 0.3) is 11.0 Å². The Labute approximate surface area is 219 Å². The molecule has 2 aromatic rings. The minimum atomic E-state index is -0.657. The van der Waals surface area contributed by atoms with Crippen LogP contribution in [0, 0.1) is 40.4 Å². The lowest BCUT2D eigenvalue weighted by Crippen LogP contribution is -2.57. The van der Waals surface area contributed by atoms with E-state index >= 15 is 0 Å². The summed E-state index contributed by atoms with van der Waals surface area (Å²) in [5, 5.41) is 20.3. The zero-order valence-electron chi connectivity index (χ0n) is 21.9. The molecular formula is C29H40ClN3O3. The first-order chi connectivity index (χ1) is 17.2. The number of Topliss-reactive ketones (excluding diaryl/α,β-unsaturated/α-hetero) is 1. The van der Waals surface area contributed by atoms with Crippen molar-refractivity contribution in [2.75, 3.05) is 13.7 Å². The number of hydrogen-bond acceptors (Lipinski definition) is 5. The summed E-state index contributed by atoms with van der Waals surface area (Å²) in [7, 11) is 1.70. The number of carbonyl (C=O) groups excluding carboxylic acids is 1. The van der Waals surface area contributed by atoms with Crippen LogP contribution < -0.4 is 0 Å². The summed E-state index contributed by atoms with van der Waals surface area (Å²) in [6, 6.07) is 5.52. The van der Waals surface area contributed by atoms with Gasteiger partial charge in [-0.3, -0.25) is 4.79 Å². The number of rotatable bonds is 5. The molecule has 8 atom stereocenters. The van der Waals surface area contributed by atoms with Gasteiger partial charge in [0.1, 0.15) is 12.1 Å². The molecule has 4 aliphatic carbocycles. The van der Waals surface area contributed by atoms with Crippen LogP contribution in [0.5, 0.6) is 0 Å². The predicted molar refractivity (Wildman–Crippen MR) is 140 cm³/mol. The summed E-state index contributed by atoms with van der Waals surface area (Å²) < 4.78 is 7.11. The fraction of sp³-hybridized carbons (Fsp3) is 0.759. The molecule has 0 aliphatic heterocycles. The normalized spacial score (nSPS) is 42.1. The second-order valence-electron chi connectivity index (χ2n) is 13.0. The van der Waals surface area contributed by atoms with Crippen LogP contribution in [0.4, 0.5) is 0 Å². The Morgan fingerprint density at radius 1 is 1.11 bits per heavy atom. The van der Waals surface area contributed by atoms with Crippen molar-refractivity contribution in [3.05, 3.63) is 23.2 Å². The molecule has 6 rings (SSSR count). The number of carbonyl (C=O) groups is 1. The van der Waals surface area contributed by atoms with Gasteiger partial charge in [-0.25, -0.2) is 4.68 Å². The van der Waals surface area contributed by atoms with E-state index in [9.17, 15) is 9.90 Å². The highest BCUT2D eigenvalue weighted by atomic mass is 35.5. The summed E-state index contributed by atoms with van der Waals surface area (Å²) >= 11 is 6.21. The monoisotopic (exact) mass is 513 g/mol. The van der Waals surface area contributed by atoms with Gasteiger partial charge in [0.15, 0.2) is 5.78 Å². The number of methoxy groups -OCH3 is 1.